The zero-order valence-corrected chi connectivity index (χ0v) is 20.5. The average Bonchev–Trinajstić information content (AvgIpc) is 2.79. The second-order valence-electron chi connectivity index (χ2n) is 9.58. The molecule has 1 heterocycles. The maximum Gasteiger partial charge on any atom is 0.213 e. The molecule has 0 unspecified atom stereocenters. The third-order valence-electron chi connectivity index (χ3n) is 6.45. The molecule has 0 bridgehead atoms. The first-order valence-electron chi connectivity index (χ1n) is 11.8. The molecule has 33 heavy (non-hydrogen) atoms. The van der Waals surface area contributed by atoms with Crippen molar-refractivity contribution in [3.05, 3.63) is 102 Å². The lowest BCUT2D eigenvalue weighted by atomic mass is 9.82. The minimum atomic E-state index is -0.198. The van der Waals surface area contributed by atoms with Gasteiger partial charge in [-0.05, 0) is 75.9 Å². The van der Waals surface area contributed by atoms with Crippen molar-refractivity contribution in [3.63, 3.8) is 0 Å². The molecule has 0 saturated heterocycles. The number of aromatic nitrogens is 1. The molecule has 0 radical (unpaired) electrons. The average molecular weight is 439 g/mol. The van der Waals surface area contributed by atoms with E-state index in [4.69, 9.17) is 0 Å². The lowest BCUT2D eigenvalue weighted by Gasteiger charge is -2.22. The van der Waals surface area contributed by atoms with Crippen molar-refractivity contribution in [2.75, 3.05) is 0 Å². The molecular formula is C31H33FN+. The highest BCUT2D eigenvalue weighted by molar-refractivity contribution is 5.80. The monoisotopic (exact) mass is 438 g/mol. The molecule has 0 aliphatic carbocycles. The van der Waals surface area contributed by atoms with Crippen LogP contribution in [0.5, 0.6) is 0 Å². The predicted octanol–water partition coefficient (Wildman–Crippen LogP) is 8.21. The Morgan fingerprint density at radius 2 is 1.33 bits per heavy atom. The highest BCUT2D eigenvalue weighted by Crippen LogP contribution is 2.40. The van der Waals surface area contributed by atoms with E-state index in [9.17, 15) is 4.39 Å². The summed E-state index contributed by atoms with van der Waals surface area (Å²) in [6.07, 6.45) is 2.12. The summed E-state index contributed by atoms with van der Waals surface area (Å²) in [5.41, 5.74) is 10.8. The molecule has 168 valence electrons. The van der Waals surface area contributed by atoms with Gasteiger partial charge in [0.2, 0.25) is 5.69 Å². The molecule has 0 amide bonds. The Bertz CT molecular complexity index is 1260. The Kier molecular flexibility index (Phi) is 6.47. The smallest absolute Gasteiger partial charge is 0.207 e. The van der Waals surface area contributed by atoms with Crippen molar-refractivity contribution >= 4 is 0 Å². The van der Waals surface area contributed by atoms with Crippen LogP contribution in [0.1, 0.15) is 56.2 Å². The lowest BCUT2D eigenvalue weighted by molar-refractivity contribution is -0.660. The SMILES string of the molecule is Cc1cc(F)ccc1-c1cc(-c2c(C(C)C)cc(-c3ccccc3)cc2C(C)C)cc[n+]1C. The van der Waals surface area contributed by atoms with Crippen LogP contribution in [0.15, 0.2) is 79.0 Å². The van der Waals surface area contributed by atoms with Crippen LogP contribution in [-0.2, 0) is 7.05 Å². The van der Waals surface area contributed by atoms with Crippen LogP contribution in [0.2, 0.25) is 0 Å². The van der Waals surface area contributed by atoms with Crippen molar-refractivity contribution in [1.82, 2.24) is 0 Å². The lowest BCUT2D eigenvalue weighted by Crippen LogP contribution is -2.30. The second kappa shape index (κ2) is 9.31. The summed E-state index contributed by atoms with van der Waals surface area (Å²) in [7, 11) is 2.05. The van der Waals surface area contributed by atoms with Gasteiger partial charge in [0.1, 0.15) is 12.9 Å². The molecule has 0 atom stereocenters. The summed E-state index contributed by atoms with van der Waals surface area (Å²) in [5, 5.41) is 0. The number of aryl methyl sites for hydroxylation is 2. The van der Waals surface area contributed by atoms with Crippen LogP contribution in [0.3, 0.4) is 0 Å². The van der Waals surface area contributed by atoms with E-state index >= 15 is 0 Å². The Morgan fingerprint density at radius 3 is 1.91 bits per heavy atom. The number of rotatable bonds is 5. The summed E-state index contributed by atoms with van der Waals surface area (Å²) in [6, 6.07) is 24.8. The fourth-order valence-electron chi connectivity index (χ4n) is 4.64. The normalized spacial score (nSPS) is 11.4. The van der Waals surface area contributed by atoms with Crippen LogP contribution >= 0.6 is 0 Å². The first kappa shape index (κ1) is 22.9. The molecule has 0 saturated carbocycles. The Hall–Kier alpha value is -3.26. The molecule has 0 spiro atoms. The zero-order valence-electron chi connectivity index (χ0n) is 20.5. The topological polar surface area (TPSA) is 3.88 Å². The zero-order chi connectivity index (χ0) is 23.7. The summed E-state index contributed by atoms with van der Waals surface area (Å²) >= 11 is 0. The molecule has 0 aliphatic heterocycles. The number of hydrogen-bond donors (Lipinski definition) is 0. The Morgan fingerprint density at radius 1 is 0.697 bits per heavy atom. The maximum absolute atomic E-state index is 13.8. The van der Waals surface area contributed by atoms with E-state index in [0.29, 0.717) is 11.8 Å². The molecular weight excluding hydrogens is 405 g/mol. The highest BCUT2D eigenvalue weighted by atomic mass is 19.1. The molecule has 3 aromatic carbocycles. The largest absolute Gasteiger partial charge is 0.213 e. The number of benzene rings is 3. The molecule has 2 heteroatoms. The van der Waals surface area contributed by atoms with Gasteiger partial charge in [-0.15, -0.1) is 0 Å². The van der Waals surface area contributed by atoms with Gasteiger partial charge >= 0.3 is 0 Å². The van der Waals surface area contributed by atoms with Crippen molar-refractivity contribution < 1.29 is 8.96 Å². The number of pyridine rings is 1. The van der Waals surface area contributed by atoms with Gasteiger partial charge in [0.05, 0.1) is 0 Å². The van der Waals surface area contributed by atoms with Crippen LogP contribution in [0.4, 0.5) is 4.39 Å². The fraction of sp³-hybridized carbons (Fsp3) is 0.258. The molecule has 0 N–H and O–H groups in total. The maximum atomic E-state index is 13.8. The van der Waals surface area contributed by atoms with Gasteiger partial charge in [-0.25, -0.2) is 8.96 Å². The van der Waals surface area contributed by atoms with Gasteiger partial charge in [0, 0.05) is 17.7 Å². The quantitative estimate of drug-likeness (QED) is 0.276. The van der Waals surface area contributed by atoms with Crippen molar-refractivity contribution in [2.24, 2.45) is 7.05 Å². The number of hydrogen-bond acceptors (Lipinski definition) is 0. The van der Waals surface area contributed by atoms with E-state index < -0.39 is 0 Å². The van der Waals surface area contributed by atoms with Gasteiger partial charge in [0.25, 0.3) is 0 Å². The Balaban J connectivity index is 1.97. The highest BCUT2D eigenvalue weighted by Gasteiger charge is 2.21. The summed E-state index contributed by atoms with van der Waals surface area (Å²) < 4.78 is 15.9. The summed E-state index contributed by atoms with van der Waals surface area (Å²) in [5.74, 6) is 0.563. The standard InChI is InChI=1S/C31H33FN/c1-20(2)28-17-25(23-10-8-7-9-11-23)18-29(21(3)4)31(28)24-14-15-33(6)30(19-24)27-13-12-26(32)16-22(27)5/h7-21H,1-6H3/q+1. The van der Waals surface area contributed by atoms with Gasteiger partial charge < -0.3 is 0 Å². The second-order valence-corrected chi connectivity index (χ2v) is 9.58. The van der Waals surface area contributed by atoms with E-state index in [-0.39, 0.29) is 5.82 Å². The van der Waals surface area contributed by atoms with Crippen LogP contribution in [0.25, 0.3) is 33.5 Å². The van der Waals surface area contributed by atoms with E-state index in [1.165, 1.54) is 33.4 Å². The summed E-state index contributed by atoms with van der Waals surface area (Å²) in [4.78, 5) is 0. The first-order chi connectivity index (χ1) is 15.8. The molecule has 1 aromatic heterocycles. The van der Waals surface area contributed by atoms with Gasteiger partial charge in [-0.3, -0.25) is 0 Å². The van der Waals surface area contributed by atoms with Crippen molar-refractivity contribution in [3.8, 4) is 33.5 Å². The third-order valence-corrected chi connectivity index (χ3v) is 6.45. The first-order valence-corrected chi connectivity index (χ1v) is 11.8. The van der Waals surface area contributed by atoms with Crippen molar-refractivity contribution in [2.45, 2.75) is 46.5 Å². The van der Waals surface area contributed by atoms with Gasteiger partial charge in [-0.2, -0.15) is 0 Å². The number of halogens is 1. The third kappa shape index (κ3) is 4.61. The van der Waals surface area contributed by atoms with Crippen LogP contribution in [-0.4, -0.2) is 0 Å². The molecule has 0 aliphatic rings. The van der Waals surface area contributed by atoms with Crippen LogP contribution < -0.4 is 4.57 Å². The van der Waals surface area contributed by atoms with E-state index in [2.05, 4.69) is 93.1 Å². The van der Waals surface area contributed by atoms with E-state index in [1.807, 2.05) is 20.0 Å². The Labute approximate surface area is 197 Å². The van der Waals surface area contributed by atoms with Crippen molar-refractivity contribution in [1.29, 1.82) is 0 Å². The van der Waals surface area contributed by atoms with E-state index in [1.54, 1.807) is 12.1 Å². The molecule has 4 rings (SSSR count). The molecule has 4 aromatic rings. The number of nitrogens with zero attached hydrogens (tertiary/aromatic N) is 1. The molecule has 0 fully saturated rings. The summed E-state index contributed by atoms with van der Waals surface area (Å²) in [6.45, 7) is 11.0. The van der Waals surface area contributed by atoms with E-state index in [0.717, 1.165) is 16.8 Å². The molecule has 1 nitrogen and oxygen atoms in total. The minimum absolute atomic E-state index is 0.198. The fourth-order valence-corrected chi connectivity index (χ4v) is 4.64. The van der Waals surface area contributed by atoms with Crippen LogP contribution in [0, 0.1) is 12.7 Å². The predicted molar refractivity (Wildman–Crippen MR) is 137 cm³/mol. The van der Waals surface area contributed by atoms with Gasteiger partial charge in [-0.1, -0.05) is 70.2 Å². The minimum Gasteiger partial charge on any atom is -0.207 e. The van der Waals surface area contributed by atoms with Gasteiger partial charge in [0.15, 0.2) is 6.20 Å².